The molecule has 0 bridgehead atoms. The zero-order valence-corrected chi connectivity index (χ0v) is 13.0. The third-order valence-electron chi connectivity index (χ3n) is 3.99. The minimum absolute atomic E-state index is 0.648. The van der Waals surface area contributed by atoms with Crippen LogP contribution in [0.25, 0.3) is 11.1 Å². The predicted molar refractivity (Wildman–Crippen MR) is 95.4 cm³/mol. The number of benzene rings is 2. The summed E-state index contributed by atoms with van der Waals surface area (Å²) >= 11 is 0. The van der Waals surface area contributed by atoms with Gasteiger partial charge in [-0.1, -0.05) is 23.4 Å². The van der Waals surface area contributed by atoms with E-state index in [0.29, 0.717) is 12.3 Å². The van der Waals surface area contributed by atoms with Crippen molar-refractivity contribution in [3.8, 4) is 11.1 Å². The van der Waals surface area contributed by atoms with E-state index in [9.17, 15) is 0 Å². The molecule has 0 fully saturated rings. The minimum Gasteiger partial charge on any atom is -0.472 e. The molecule has 2 aromatic carbocycles. The van der Waals surface area contributed by atoms with Crippen molar-refractivity contribution in [1.82, 2.24) is 0 Å². The third-order valence-corrected chi connectivity index (χ3v) is 3.99. The van der Waals surface area contributed by atoms with Crippen LogP contribution in [0.15, 0.2) is 70.6 Å². The molecule has 0 spiro atoms. The average molecular weight is 319 g/mol. The fourth-order valence-electron chi connectivity index (χ4n) is 2.73. The van der Waals surface area contributed by atoms with Gasteiger partial charge in [-0.05, 0) is 35.9 Å². The van der Waals surface area contributed by atoms with Crippen LogP contribution < -0.4 is 11.1 Å². The van der Waals surface area contributed by atoms with Crippen LogP contribution >= 0.6 is 0 Å². The van der Waals surface area contributed by atoms with Crippen LogP contribution in [0.3, 0.4) is 0 Å². The molecule has 2 heterocycles. The molecule has 0 radical (unpaired) electrons. The lowest BCUT2D eigenvalue weighted by molar-refractivity contribution is 0.174. The van der Waals surface area contributed by atoms with Gasteiger partial charge in [0.25, 0.3) is 0 Å². The predicted octanol–water partition coefficient (Wildman–Crippen LogP) is 4.40. The summed E-state index contributed by atoms with van der Waals surface area (Å²) in [6.45, 7) is 0.648. The van der Waals surface area contributed by atoms with Gasteiger partial charge in [-0.25, -0.2) is 0 Å². The van der Waals surface area contributed by atoms with Gasteiger partial charge in [-0.2, -0.15) is 0 Å². The molecule has 3 N–H and O–H groups in total. The molecule has 1 aromatic heterocycles. The second-order valence-corrected chi connectivity index (χ2v) is 5.64. The van der Waals surface area contributed by atoms with E-state index in [2.05, 4.69) is 16.5 Å². The average Bonchev–Trinajstić information content (AvgIpc) is 3.31. The molecule has 0 unspecified atom stereocenters. The summed E-state index contributed by atoms with van der Waals surface area (Å²) in [6.07, 6.45) is 4.19. The van der Waals surface area contributed by atoms with E-state index in [4.69, 9.17) is 15.0 Å². The minimum atomic E-state index is 0.648. The fourth-order valence-corrected chi connectivity index (χ4v) is 2.73. The number of nitrogen functional groups attached to an aromatic ring is 1. The van der Waals surface area contributed by atoms with Gasteiger partial charge in [-0.3, -0.25) is 0 Å². The fraction of sp³-hybridized carbons (Fsp3) is 0.105. The SMILES string of the molecule is Nc1cc(-c2ccoc2)ccc1Nc1cccc(C2=NOCC2)c1. The van der Waals surface area contributed by atoms with Crippen LogP contribution in [0, 0.1) is 0 Å². The van der Waals surface area contributed by atoms with Crippen molar-refractivity contribution in [2.45, 2.75) is 6.42 Å². The first-order valence-corrected chi connectivity index (χ1v) is 7.78. The Labute approximate surface area is 139 Å². The molecule has 4 rings (SSSR count). The van der Waals surface area contributed by atoms with E-state index in [1.807, 2.05) is 42.5 Å². The first-order valence-electron chi connectivity index (χ1n) is 7.78. The van der Waals surface area contributed by atoms with Crippen LogP contribution in [0.2, 0.25) is 0 Å². The summed E-state index contributed by atoms with van der Waals surface area (Å²) in [5, 5.41) is 7.43. The molecule has 5 heteroatoms. The molecule has 0 saturated carbocycles. The highest BCUT2D eigenvalue weighted by molar-refractivity contribution is 6.01. The van der Waals surface area contributed by atoms with E-state index in [1.54, 1.807) is 12.5 Å². The smallest absolute Gasteiger partial charge is 0.122 e. The lowest BCUT2D eigenvalue weighted by Crippen LogP contribution is -2.00. The monoisotopic (exact) mass is 319 g/mol. The summed E-state index contributed by atoms with van der Waals surface area (Å²) in [6, 6.07) is 15.9. The van der Waals surface area contributed by atoms with Gasteiger partial charge >= 0.3 is 0 Å². The summed E-state index contributed by atoms with van der Waals surface area (Å²) in [5.41, 5.74) is 12.8. The van der Waals surface area contributed by atoms with Gasteiger partial charge in [0, 0.05) is 23.2 Å². The normalized spacial score (nSPS) is 13.4. The van der Waals surface area contributed by atoms with Crippen LogP contribution in [0.1, 0.15) is 12.0 Å². The van der Waals surface area contributed by atoms with E-state index in [0.717, 1.165) is 40.2 Å². The molecular formula is C19H17N3O2. The summed E-state index contributed by atoms with van der Waals surface area (Å²) in [5.74, 6) is 0. The van der Waals surface area contributed by atoms with E-state index >= 15 is 0 Å². The number of nitrogens with zero attached hydrogens (tertiary/aromatic N) is 1. The van der Waals surface area contributed by atoms with Crippen molar-refractivity contribution >= 4 is 22.8 Å². The number of furan rings is 1. The maximum Gasteiger partial charge on any atom is 0.122 e. The zero-order chi connectivity index (χ0) is 16.4. The van der Waals surface area contributed by atoms with Gasteiger partial charge in [0.05, 0.1) is 29.6 Å². The zero-order valence-electron chi connectivity index (χ0n) is 13.0. The van der Waals surface area contributed by atoms with Gasteiger partial charge in [-0.15, -0.1) is 0 Å². The highest BCUT2D eigenvalue weighted by Gasteiger charge is 2.11. The van der Waals surface area contributed by atoms with Crippen molar-refractivity contribution < 1.29 is 9.25 Å². The van der Waals surface area contributed by atoms with Crippen molar-refractivity contribution in [2.24, 2.45) is 5.16 Å². The molecule has 5 nitrogen and oxygen atoms in total. The third kappa shape index (κ3) is 2.84. The van der Waals surface area contributed by atoms with Crippen molar-refractivity contribution in [3.63, 3.8) is 0 Å². The highest BCUT2D eigenvalue weighted by Crippen LogP contribution is 2.29. The second kappa shape index (κ2) is 6.12. The molecule has 0 saturated heterocycles. The molecule has 1 aliphatic heterocycles. The lowest BCUT2D eigenvalue weighted by Gasteiger charge is -2.11. The Kier molecular flexibility index (Phi) is 3.67. The Hall–Kier alpha value is -3.21. The number of oxime groups is 1. The number of anilines is 3. The number of hydrogen-bond acceptors (Lipinski definition) is 5. The quantitative estimate of drug-likeness (QED) is 0.699. The number of nitrogens with one attached hydrogen (secondary N) is 1. The van der Waals surface area contributed by atoms with Gasteiger partial charge in [0.1, 0.15) is 6.61 Å². The summed E-state index contributed by atoms with van der Waals surface area (Å²) in [4.78, 5) is 5.08. The van der Waals surface area contributed by atoms with Gasteiger partial charge in [0.2, 0.25) is 0 Å². The molecule has 120 valence electrons. The van der Waals surface area contributed by atoms with Crippen LogP contribution in [0.4, 0.5) is 17.1 Å². The molecule has 0 amide bonds. The van der Waals surface area contributed by atoms with Crippen molar-refractivity contribution in [1.29, 1.82) is 0 Å². The first kappa shape index (κ1) is 14.4. The summed E-state index contributed by atoms with van der Waals surface area (Å²) < 4.78 is 5.12. The summed E-state index contributed by atoms with van der Waals surface area (Å²) in [7, 11) is 0. The Morgan fingerprint density at radius 3 is 2.71 bits per heavy atom. The standard InChI is InChI=1S/C19H17N3O2/c20-17-11-13(15-6-8-23-12-15)4-5-19(17)21-16-3-1-2-14(10-16)18-7-9-24-22-18/h1-6,8,10-12,21H,7,9,20H2. The van der Waals surface area contributed by atoms with Crippen LogP contribution in [-0.2, 0) is 4.84 Å². The molecule has 24 heavy (non-hydrogen) atoms. The molecule has 0 atom stereocenters. The Bertz CT molecular complexity index is 885. The maximum atomic E-state index is 6.20. The van der Waals surface area contributed by atoms with Crippen LogP contribution in [-0.4, -0.2) is 12.3 Å². The molecule has 1 aliphatic rings. The number of nitrogens with two attached hydrogens (primary N) is 1. The maximum absolute atomic E-state index is 6.20. The Balaban J connectivity index is 1.58. The Morgan fingerprint density at radius 2 is 1.96 bits per heavy atom. The number of hydrogen-bond donors (Lipinski definition) is 2. The van der Waals surface area contributed by atoms with Crippen LogP contribution in [0.5, 0.6) is 0 Å². The van der Waals surface area contributed by atoms with Gasteiger partial charge in [0.15, 0.2) is 0 Å². The highest BCUT2D eigenvalue weighted by atomic mass is 16.6. The van der Waals surface area contributed by atoms with Crippen molar-refractivity contribution in [2.75, 3.05) is 17.7 Å². The second-order valence-electron chi connectivity index (χ2n) is 5.64. The number of rotatable bonds is 4. The lowest BCUT2D eigenvalue weighted by atomic mass is 10.1. The molecule has 3 aromatic rings. The van der Waals surface area contributed by atoms with Crippen molar-refractivity contribution in [3.05, 3.63) is 66.6 Å². The van der Waals surface area contributed by atoms with Gasteiger partial charge < -0.3 is 20.3 Å². The largest absolute Gasteiger partial charge is 0.472 e. The molecular weight excluding hydrogens is 302 g/mol. The molecule has 0 aliphatic carbocycles. The van der Waals surface area contributed by atoms with E-state index in [1.165, 1.54) is 0 Å². The first-order chi connectivity index (χ1) is 11.8. The van der Waals surface area contributed by atoms with E-state index in [-0.39, 0.29) is 0 Å². The Morgan fingerprint density at radius 1 is 1.00 bits per heavy atom. The topological polar surface area (TPSA) is 72.8 Å². The van der Waals surface area contributed by atoms with E-state index < -0.39 is 0 Å².